The van der Waals surface area contributed by atoms with Crippen molar-refractivity contribution < 1.29 is 4.79 Å². The van der Waals surface area contributed by atoms with Gasteiger partial charge >= 0.3 is 0 Å². The molecule has 1 aliphatic rings. The van der Waals surface area contributed by atoms with Crippen LogP contribution in [-0.2, 0) is 4.79 Å². The molecule has 0 radical (unpaired) electrons. The molecule has 2 N–H and O–H groups in total. The molecule has 0 atom stereocenters. The van der Waals surface area contributed by atoms with Crippen LogP contribution in [0.25, 0.3) is 44.4 Å². The molecule has 0 unspecified atom stereocenters. The topological polar surface area (TPSA) is 57.8 Å². The van der Waals surface area contributed by atoms with Crippen LogP contribution < -0.4 is 5.32 Å². The summed E-state index contributed by atoms with van der Waals surface area (Å²) in [6, 6.07) is 26.3. The Morgan fingerprint density at radius 1 is 0.871 bits per heavy atom. The summed E-state index contributed by atoms with van der Waals surface area (Å²) in [7, 11) is 0. The zero-order valence-electron chi connectivity index (χ0n) is 16.4. The van der Waals surface area contributed by atoms with Crippen LogP contribution in [0, 0.1) is 0 Å². The Balaban J connectivity index is 1.40. The predicted molar refractivity (Wildman–Crippen MR) is 128 cm³/mol. The number of amides is 1. The van der Waals surface area contributed by atoms with E-state index >= 15 is 0 Å². The third-order valence-corrected chi connectivity index (χ3v) is 6.37. The standard InChI is InChI=1S/C26H17N3OS/c30-25-21(14-19-12-17-8-4-5-9-22(17)27-19)20-13-18(10-11-23(20)28-25)24-15-31-26(29-24)16-6-2-1-3-7-16/h1-15,27H,(H,28,30)/b21-14-. The fourth-order valence-corrected chi connectivity index (χ4v) is 4.77. The zero-order chi connectivity index (χ0) is 20.8. The molecule has 0 fully saturated rings. The van der Waals surface area contributed by atoms with Gasteiger partial charge in [0.1, 0.15) is 5.01 Å². The van der Waals surface area contributed by atoms with Crippen LogP contribution in [0.15, 0.2) is 84.2 Å². The molecule has 5 aromatic rings. The van der Waals surface area contributed by atoms with E-state index < -0.39 is 0 Å². The molecule has 5 heteroatoms. The number of nitrogens with one attached hydrogen (secondary N) is 2. The van der Waals surface area contributed by atoms with Crippen molar-refractivity contribution in [1.82, 2.24) is 9.97 Å². The fraction of sp³-hybridized carbons (Fsp3) is 0. The van der Waals surface area contributed by atoms with Gasteiger partial charge in [0.25, 0.3) is 5.91 Å². The molecule has 0 aliphatic carbocycles. The lowest BCUT2D eigenvalue weighted by molar-refractivity contribution is -0.110. The molecule has 0 spiro atoms. The first-order valence-corrected chi connectivity index (χ1v) is 10.9. The minimum Gasteiger partial charge on any atom is -0.355 e. The molecular weight excluding hydrogens is 402 g/mol. The summed E-state index contributed by atoms with van der Waals surface area (Å²) in [5, 5.41) is 7.15. The molecule has 0 bridgehead atoms. The highest BCUT2D eigenvalue weighted by Crippen LogP contribution is 2.37. The SMILES string of the molecule is O=C1Nc2ccc(-c3csc(-c4ccccc4)n3)cc2/C1=C/c1cc2ccccc2[nH]1. The summed E-state index contributed by atoms with van der Waals surface area (Å²) >= 11 is 1.62. The van der Waals surface area contributed by atoms with Crippen LogP contribution in [0.1, 0.15) is 11.3 Å². The number of thiazole rings is 1. The van der Waals surface area contributed by atoms with Gasteiger partial charge in [-0.3, -0.25) is 4.79 Å². The van der Waals surface area contributed by atoms with Gasteiger partial charge in [-0.1, -0.05) is 54.6 Å². The van der Waals surface area contributed by atoms with E-state index in [1.54, 1.807) is 11.3 Å². The number of carbonyl (C=O) groups excluding carboxylic acids is 1. The highest BCUT2D eigenvalue weighted by molar-refractivity contribution is 7.13. The molecule has 0 saturated carbocycles. The number of aromatic amines is 1. The van der Waals surface area contributed by atoms with E-state index in [0.29, 0.717) is 5.57 Å². The maximum atomic E-state index is 12.7. The number of anilines is 1. The first-order valence-electron chi connectivity index (χ1n) is 10.0. The molecule has 0 saturated heterocycles. The van der Waals surface area contributed by atoms with Gasteiger partial charge in [-0.25, -0.2) is 4.98 Å². The smallest absolute Gasteiger partial charge is 0.256 e. The third-order valence-electron chi connectivity index (χ3n) is 5.47. The lowest BCUT2D eigenvalue weighted by atomic mass is 10.0. The second-order valence-corrected chi connectivity index (χ2v) is 8.35. The molecule has 31 heavy (non-hydrogen) atoms. The van der Waals surface area contributed by atoms with Gasteiger partial charge in [-0.15, -0.1) is 11.3 Å². The van der Waals surface area contributed by atoms with Crippen molar-refractivity contribution in [3.8, 4) is 21.8 Å². The molecule has 6 rings (SSSR count). The normalized spacial score (nSPS) is 14.2. The average molecular weight is 420 g/mol. The first kappa shape index (κ1) is 17.9. The molecule has 1 amide bonds. The predicted octanol–water partition coefficient (Wildman–Crippen LogP) is 6.45. The molecule has 148 valence electrons. The minimum absolute atomic E-state index is 0.0888. The van der Waals surface area contributed by atoms with Crippen LogP contribution in [-0.4, -0.2) is 15.9 Å². The van der Waals surface area contributed by atoms with Crippen LogP contribution in [0.5, 0.6) is 0 Å². The van der Waals surface area contributed by atoms with E-state index in [1.165, 1.54) is 0 Å². The van der Waals surface area contributed by atoms with E-state index in [4.69, 9.17) is 4.98 Å². The van der Waals surface area contributed by atoms with E-state index in [-0.39, 0.29) is 5.91 Å². The van der Waals surface area contributed by atoms with Gasteiger partial charge in [0.05, 0.1) is 11.3 Å². The highest BCUT2D eigenvalue weighted by atomic mass is 32.1. The Kier molecular flexibility index (Phi) is 4.08. The number of para-hydroxylation sites is 1. The number of carbonyl (C=O) groups is 1. The monoisotopic (exact) mass is 419 g/mol. The summed E-state index contributed by atoms with van der Waals surface area (Å²) in [5.74, 6) is -0.0888. The quantitative estimate of drug-likeness (QED) is 0.330. The van der Waals surface area contributed by atoms with Crippen molar-refractivity contribution in [3.63, 3.8) is 0 Å². The number of hydrogen-bond acceptors (Lipinski definition) is 3. The molecule has 3 heterocycles. The number of hydrogen-bond donors (Lipinski definition) is 2. The zero-order valence-corrected chi connectivity index (χ0v) is 17.2. The lowest BCUT2D eigenvalue weighted by Crippen LogP contribution is -2.03. The highest BCUT2D eigenvalue weighted by Gasteiger charge is 2.25. The van der Waals surface area contributed by atoms with Crippen molar-refractivity contribution in [3.05, 3.63) is 95.5 Å². The second-order valence-electron chi connectivity index (χ2n) is 7.49. The number of rotatable bonds is 3. The summed E-state index contributed by atoms with van der Waals surface area (Å²) in [6.45, 7) is 0. The molecule has 2 aromatic heterocycles. The number of H-pyrrole nitrogens is 1. The Morgan fingerprint density at radius 3 is 2.58 bits per heavy atom. The van der Waals surface area contributed by atoms with Crippen molar-refractivity contribution in [2.75, 3.05) is 5.32 Å². The summed E-state index contributed by atoms with van der Waals surface area (Å²) in [5.41, 5.74) is 7.36. The fourth-order valence-electron chi connectivity index (χ4n) is 3.94. The van der Waals surface area contributed by atoms with Crippen molar-refractivity contribution >= 4 is 45.5 Å². The Bertz CT molecular complexity index is 1440. The summed E-state index contributed by atoms with van der Waals surface area (Å²) in [6.07, 6.45) is 1.92. The number of fused-ring (bicyclic) bond motifs is 2. The van der Waals surface area contributed by atoms with Crippen LogP contribution in [0.2, 0.25) is 0 Å². The van der Waals surface area contributed by atoms with Gasteiger partial charge in [0.2, 0.25) is 0 Å². The van der Waals surface area contributed by atoms with Crippen molar-refractivity contribution in [1.29, 1.82) is 0 Å². The van der Waals surface area contributed by atoms with Gasteiger partial charge in [-0.05, 0) is 35.7 Å². The lowest BCUT2D eigenvalue weighted by Gasteiger charge is -2.02. The Morgan fingerprint density at radius 2 is 1.71 bits per heavy atom. The molecular formula is C26H17N3OS. The molecule has 4 nitrogen and oxygen atoms in total. The van der Waals surface area contributed by atoms with Crippen molar-refractivity contribution in [2.45, 2.75) is 0 Å². The minimum atomic E-state index is -0.0888. The van der Waals surface area contributed by atoms with Crippen LogP contribution in [0.3, 0.4) is 0 Å². The largest absolute Gasteiger partial charge is 0.355 e. The van der Waals surface area contributed by atoms with Gasteiger partial charge in [0, 0.05) is 39.0 Å². The molecule has 3 aromatic carbocycles. The van der Waals surface area contributed by atoms with Crippen LogP contribution >= 0.6 is 11.3 Å². The van der Waals surface area contributed by atoms with E-state index in [2.05, 4.69) is 39.9 Å². The first-order chi connectivity index (χ1) is 15.2. The van der Waals surface area contributed by atoms with Gasteiger partial charge in [0.15, 0.2) is 0 Å². The summed E-state index contributed by atoms with van der Waals surface area (Å²) < 4.78 is 0. The van der Waals surface area contributed by atoms with E-state index in [1.807, 2.05) is 60.7 Å². The summed E-state index contributed by atoms with van der Waals surface area (Å²) in [4.78, 5) is 20.9. The third kappa shape index (κ3) is 3.16. The Labute approximate surface area is 182 Å². The number of benzene rings is 3. The molecule has 1 aliphatic heterocycles. The van der Waals surface area contributed by atoms with E-state index in [9.17, 15) is 4.79 Å². The number of aromatic nitrogens is 2. The van der Waals surface area contributed by atoms with E-state index in [0.717, 1.165) is 49.7 Å². The maximum Gasteiger partial charge on any atom is 0.256 e. The average Bonchev–Trinajstić information content (AvgIpc) is 3.52. The van der Waals surface area contributed by atoms with Crippen LogP contribution in [0.4, 0.5) is 5.69 Å². The number of nitrogens with zero attached hydrogens (tertiary/aromatic N) is 1. The maximum absolute atomic E-state index is 12.7. The van der Waals surface area contributed by atoms with Crippen molar-refractivity contribution in [2.24, 2.45) is 0 Å². The van der Waals surface area contributed by atoms with Gasteiger partial charge in [-0.2, -0.15) is 0 Å². The second kappa shape index (κ2) is 7.07. The van der Waals surface area contributed by atoms with Gasteiger partial charge < -0.3 is 10.3 Å². The Hall–Kier alpha value is -3.96.